The fraction of sp³-hybridized carbons (Fsp3) is 0.500. The van der Waals surface area contributed by atoms with Crippen molar-refractivity contribution in [3.05, 3.63) is 89.5 Å². The molecule has 0 saturated carbocycles. The number of hydrogen-bond donors (Lipinski definition) is 2. The van der Waals surface area contributed by atoms with Crippen LogP contribution in [-0.4, -0.2) is 36.4 Å². The molecule has 0 heterocycles. The van der Waals surface area contributed by atoms with Crippen LogP contribution in [0, 0.1) is 0 Å². The summed E-state index contributed by atoms with van der Waals surface area (Å²) < 4.78 is 11.5. The second kappa shape index (κ2) is 19.7. The number of hydrogen-bond acceptors (Lipinski definition) is 4. The van der Waals surface area contributed by atoms with Crippen LogP contribution in [-0.2, 0) is 16.0 Å². The summed E-state index contributed by atoms with van der Waals surface area (Å²) >= 11 is 0. The van der Waals surface area contributed by atoms with Gasteiger partial charge in [-0.2, -0.15) is 0 Å². The quantitative estimate of drug-likeness (QED) is 0.108. The van der Waals surface area contributed by atoms with Gasteiger partial charge >= 0.3 is 12.1 Å². The van der Waals surface area contributed by atoms with Gasteiger partial charge < -0.3 is 19.9 Å². The molecular weight excluding hydrogens is 574 g/mol. The number of ether oxygens (including phenoxy) is 2. The van der Waals surface area contributed by atoms with E-state index in [-0.39, 0.29) is 18.9 Å². The summed E-state index contributed by atoms with van der Waals surface area (Å²) in [6, 6.07) is 22.6. The van der Waals surface area contributed by atoms with Crippen LogP contribution in [0.4, 0.5) is 4.79 Å². The number of rotatable bonds is 22. The summed E-state index contributed by atoms with van der Waals surface area (Å²) in [5, 5.41) is 12.3. The molecule has 1 aliphatic carbocycles. The van der Waals surface area contributed by atoms with E-state index < -0.39 is 18.1 Å². The third-order valence-corrected chi connectivity index (χ3v) is 9.06. The zero-order valence-corrected chi connectivity index (χ0v) is 27.7. The Kier molecular flexibility index (Phi) is 15.0. The van der Waals surface area contributed by atoms with E-state index in [0.29, 0.717) is 6.61 Å². The van der Waals surface area contributed by atoms with Crippen molar-refractivity contribution < 1.29 is 24.2 Å². The number of carbonyl (C=O) groups is 2. The van der Waals surface area contributed by atoms with E-state index in [1.165, 1.54) is 83.5 Å². The number of fused-ring (bicyclic) bond motifs is 3. The van der Waals surface area contributed by atoms with Crippen LogP contribution >= 0.6 is 0 Å². The van der Waals surface area contributed by atoms with Crippen molar-refractivity contribution in [2.45, 2.75) is 115 Å². The summed E-state index contributed by atoms with van der Waals surface area (Å²) in [5.41, 5.74) is 5.30. The second-order valence-electron chi connectivity index (χ2n) is 12.7. The van der Waals surface area contributed by atoms with Gasteiger partial charge in [-0.1, -0.05) is 151 Å². The standard InChI is InChI=1S/C40H53NO5/c1-2-3-4-5-6-7-8-9-10-11-12-13-14-19-28-45-32-26-24-31(25-27-32)29-38(39(42)43)41-40(44)46-30-37-35-22-17-15-20-33(35)34-21-16-18-23-36(34)37/h15-18,20-27,37-38H,2-14,19,28-30H2,1H3,(H,41,44)(H,42,43)/t38-/m0/s1. The molecular formula is C40H53NO5. The molecule has 0 aliphatic heterocycles. The Morgan fingerprint density at radius 3 is 1.72 bits per heavy atom. The lowest BCUT2D eigenvalue weighted by molar-refractivity contribution is -0.139. The Balaban J connectivity index is 1.09. The lowest BCUT2D eigenvalue weighted by Crippen LogP contribution is -2.42. The third kappa shape index (κ3) is 11.2. The van der Waals surface area contributed by atoms with E-state index in [1.54, 1.807) is 0 Å². The van der Waals surface area contributed by atoms with Gasteiger partial charge in [-0.3, -0.25) is 0 Å². The summed E-state index contributed by atoms with van der Waals surface area (Å²) in [4.78, 5) is 24.7. The first kappa shape index (κ1) is 35.1. The van der Waals surface area contributed by atoms with Crippen LogP contribution < -0.4 is 10.1 Å². The molecule has 0 bridgehead atoms. The van der Waals surface area contributed by atoms with Crippen LogP contribution in [0.3, 0.4) is 0 Å². The number of unbranched alkanes of at least 4 members (excludes halogenated alkanes) is 13. The Morgan fingerprint density at radius 1 is 0.696 bits per heavy atom. The lowest BCUT2D eigenvalue weighted by atomic mass is 9.98. The molecule has 248 valence electrons. The van der Waals surface area contributed by atoms with Gasteiger partial charge in [-0.15, -0.1) is 0 Å². The van der Waals surface area contributed by atoms with Crippen LogP contribution in [0.15, 0.2) is 72.8 Å². The van der Waals surface area contributed by atoms with Crippen molar-refractivity contribution in [1.82, 2.24) is 5.32 Å². The van der Waals surface area contributed by atoms with Crippen molar-refractivity contribution in [2.75, 3.05) is 13.2 Å². The molecule has 0 saturated heterocycles. The monoisotopic (exact) mass is 627 g/mol. The molecule has 0 fully saturated rings. The van der Waals surface area contributed by atoms with E-state index in [0.717, 1.165) is 40.0 Å². The van der Waals surface area contributed by atoms with Crippen LogP contribution in [0.25, 0.3) is 11.1 Å². The smallest absolute Gasteiger partial charge is 0.407 e. The van der Waals surface area contributed by atoms with Crippen LogP contribution in [0.2, 0.25) is 0 Å². The minimum Gasteiger partial charge on any atom is -0.494 e. The maximum atomic E-state index is 12.7. The number of nitrogens with one attached hydrogen (secondary N) is 1. The van der Waals surface area contributed by atoms with E-state index >= 15 is 0 Å². The molecule has 0 aromatic heterocycles. The zero-order valence-electron chi connectivity index (χ0n) is 27.7. The zero-order chi connectivity index (χ0) is 32.4. The van der Waals surface area contributed by atoms with Gasteiger partial charge in [0.2, 0.25) is 0 Å². The molecule has 6 heteroatoms. The third-order valence-electron chi connectivity index (χ3n) is 9.06. The molecule has 0 radical (unpaired) electrons. The van der Waals surface area contributed by atoms with Crippen molar-refractivity contribution in [3.8, 4) is 16.9 Å². The fourth-order valence-corrected chi connectivity index (χ4v) is 6.43. The molecule has 46 heavy (non-hydrogen) atoms. The van der Waals surface area contributed by atoms with E-state index in [4.69, 9.17) is 9.47 Å². The first-order chi connectivity index (χ1) is 22.6. The highest BCUT2D eigenvalue weighted by atomic mass is 16.5. The predicted molar refractivity (Wildman–Crippen MR) is 186 cm³/mol. The average Bonchev–Trinajstić information content (AvgIpc) is 3.39. The van der Waals surface area contributed by atoms with Gasteiger partial charge in [-0.25, -0.2) is 9.59 Å². The second-order valence-corrected chi connectivity index (χ2v) is 12.7. The van der Waals surface area contributed by atoms with Crippen molar-refractivity contribution in [1.29, 1.82) is 0 Å². The minimum absolute atomic E-state index is 0.0847. The molecule has 1 aliphatic rings. The maximum Gasteiger partial charge on any atom is 0.407 e. The first-order valence-electron chi connectivity index (χ1n) is 17.6. The number of carbonyl (C=O) groups excluding carboxylic acids is 1. The summed E-state index contributed by atoms with van der Waals surface area (Å²) in [6.07, 6.45) is 18.0. The number of carboxylic acid groups (broad SMARTS) is 1. The van der Waals surface area contributed by atoms with E-state index in [2.05, 4.69) is 36.5 Å². The molecule has 3 aromatic rings. The highest BCUT2D eigenvalue weighted by Gasteiger charge is 2.29. The number of aliphatic carboxylic acids is 1. The summed E-state index contributed by atoms with van der Waals surface area (Å²) in [7, 11) is 0. The highest BCUT2D eigenvalue weighted by molar-refractivity contribution is 5.81. The van der Waals surface area contributed by atoms with Gasteiger partial charge in [0, 0.05) is 12.3 Å². The van der Waals surface area contributed by atoms with Gasteiger partial charge in [0.25, 0.3) is 0 Å². The van der Waals surface area contributed by atoms with Crippen molar-refractivity contribution in [3.63, 3.8) is 0 Å². The number of benzene rings is 3. The molecule has 0 unspecified atom stereocenters. The summed E-state index contributed by atoms with van der Waals surface area (Å²) in [6.45, 7) is 3.09. The number of carboxylic acids is 1. The number of alkyl carbamates (subject to hydrolysis) is 1. The Bertz CT molecular complexity index is 1290. The normalized spacial score (nSPS) is 12.7. The SMILES string of the molecule is CCCCCCCCCCCCCCCCOc1ccc(C[C@H](NC(=O)OCC2c3ccccc3-c3ccccc32)C(=O)O)cc1. The first-order valence-corrected chi connectivity index (χ1v) is 17.6. The minimum atomic E-state index is -1.10. The van der Waals surface area contributed by atoms with Crippen LogP contribution in [0.5, 0.6) is 5.75 Å². The Labute approximate surface area is 275 Å². The molecule has 4 rings (SSSR count). The Morgan fingerprint density at radius 2 is 1.20 bits per heavy atom. The molecule has 3 aromatic carbocycles. The molecule has 6 nitrogen and oxygen atoms in total. The van der Waals surface area contributed by atoms with Gasteiger partial charge in [0.15, 0.2) is 0 Å². The Hall–Kier alpha value is -3.80. The van der Waals surface area contributed by atoms with E-state index in [9.17, 15) is 14.7 Å². The average molecular weight is 628 g/mol. The van der Waals surface area contributed by atoms with E-state index in [1.807, 2.05) is 48.5 Å². The maximum absolute atomic E-state index is 12.7. The topological polar surface area (TPSA) is 84.9 Å². The van der Waals surface area contributed by atoms with Crippen LogP contribution in [0.1, 0.15) is 119 Å². The fourth-order valence-electron chi connectivity index (χ4n) is 6.43. The summed E-state index contributed by atoms with van der Waals surface area (Å²) in [5.74, 6) is -0.417. The molecule has 2 N–H and O–H groups in total. The van der Waals surface area contributed by atoms with Crippen molar-refractivity contribution in [2.24, 2.45) is 0 Å². The molecule has 1 amide bonds. The highest BCUT2D eigenvalue weighted by Crippen LogP contribution is 2.44. The van der Waals surface area contributed by atoms with Gasteiger partial charge in [0.1, 0.15) is 18.4 Å². The van der Waals surface area contributed by atoms with Gasteiger partial charge in [0.05, 0.1) is 6.61 Å². The van der Waals surface area contributed by atoms with Crippen molar-refractivity contribution >= 4 is 12.1 Å². The van der Waals surface area contributed by atoms with Gasteiger partial charge in [-0.05, 0) is 46.4 Å². The molecule has 1 atom stereocenters. The largest absolute Gasteiger partial charge is 0.494 e. The lowest BCUT2D eigenvalue weighted by Gasteiger charge is -2.17. The predicted octanol–water partition coefficient (Wildman–Crippen LogP) is 10.1. The molecule has 0 spiro atoms. The number of amides is 1.